The first-order chi connectivity index (χ1) is 18.2. The van der Waals surface area contributed by atoms with Crippen LogP contribution in [0, 0.1) is 0 Å². The number of nitrogens with two attached hydrogens (primary N) is 1. The van der Waals surface area contributed by atoms with Crippen LogP contribution in [0.5, 0.6) is 5.75 Å². The number of rotatable bonds is 10. The fourth-order valence-corrected chi connectivity index (χ4v) is 6.31. The lowest BCUT2D eigenvalue weighted by Gasteiger charge is -2.57. The lowest BCUT2D eigenvalue weighted by Crippen LogP contribution is -2.72. The van der Waals surface area contributed by atoms with Gasteiger partial charge in [0.1, 0.15) is 16.9 Å². The maximum Gasteiger partial charge on any atom is 0.222 e. The van der Waals surface area contributed by atoms with E-state index in [4.69, 9.17) is 15.2 Å². The van der Waals surface area contributed by atoms with Crippen LogP contribution in [-0.2, 0) is 17.8 Å². The van der Waals surface area contributed by atoms with E-state index in [1.165, 1.54) is 18.4 Å². The molecule has 2 aliphatic heterocycles. The SMILES string of the molecule is CCCCCNc1nc(N)nc2ccn(Cc3ccc(CN4CC5(CN(C)CC(C)(C)O5)C4)cc3OC)c12. The highest BCUT2D eigenvalue weighted by atomic mass is 16.5. The number of methoxy groups -OCH3 is 1. The van der Waals surface area contributed by atoms with E-state index in [1.807, 2.05) is 12.3 Å². The van der Waals surface area contributed by atoms with Crippen molar-refractivity contribution in [3.05, 3.63) is 41.6 Å². The monoisotopic (exact) mass is 521 g/mol. The second-order valence-corrected chi connectivity index (χ2v) is 11.8. The normalized spacial score (nSPS) is 19.1. The van der Waals surface area contributed by atoms with Crippen molar-refractivity contribution in [2.24, 2.45) is 0 Å². The van der Waals surface area contributed by atoms with Gasteiger partial charge in [-0.25, -0.2) is 4.98 Å². The fourth-order valence-electron chi connectivity index (χ4n) is 6.31. The van der Waals surface area contributed by atoms with Gasteiger partial charge in [0.2, 0.25) is 5.95 Å². The summed E-state index contributed by atoms with van der Waals surface area (Å²) >= 11 is 0. The van der Waals surface area contributed by atoms with Crippen LogP contribution in [0.15, 0.2) is 30.5 Å². The zero-order valence-electron chi connectivity index (χ0n) is 23.6. The van der Waals surface area contributed by atoms with Gasteiger partial charge in [0, 0.05) is 51.0 Å². The van der Waals surface area contributed by atoms with Crippen LogP contribution in [0.4, 0.5) is 11.8 Å². The number of nitrogens with zero attached hydrogens (tertiary/aromatic N) is 5. The summed E-state index contributed by atoms with van der Waals surface area (Å²) in [7, 11) is 3.94. The molecule has 0 radical (unpaired) electrons. The van der Waals surface area contributed by atoms with Gasteiger partial charge in [0.05, 0.1) is 24.8 Å². The van der Waals surface area contributed by atoms with Gasteiger partial charge in [-0.05, 0) is 45.0 Å². The van der Waals surface area contributed by atoms with Gasteiger partial charge >= 0.3 is 0 Å². The number of likely N-dealkylation sites (tertiary alicyclic amines) is 1. The Hall–Kier alpha value is -2.88. The Kier molecular flexibility index (Phi) is 7.53. The van der Waals surface area contributed by atoms with E-state index in [2.05, 4.69) is 75.7 Å². The summed E-state index contributed by atoms with van der Waals surface area (Å²) < 4.78 is 14.5. The van der Waals surface area contributed by atoms with Crippen LogP contribution >= 0.6 is 0 Å². The van der Waals surface area contributed by atoms with Gasteiger partial charge in [-0.1, -0.05) is 31.9 Å². The van der Waals surface area contributed by atoms with E-state index < -0.39 is 0 Å². The number of anilines is 2. The van der Waals surface area contributed by atoms with Gasteiger partial charge in [0.25, 0.3) is 0 Å². The van der Waals surface area contributed by atoms with Crippen LogP contribution in [0.1, 0.15) is 51.2 Å². The van der Waals surface area contributed by atoms with Crippen molar-refractivity contribution in [3.63, 3.8) is 0 Å². The zero-order chi connectivity index (χ0) is 26.9. The summed E-state index contributed by atoms with van der Waals surface area (Å²) in [6, 6.07) is 8.56. The van der Waals surface area contributed by atoms with Crippen molar-refractivity contribution >= 4 is 22.8 Å². The fraction of sp³-hybridized carbons (Fsp3) is 0.586. The Labute approximate surface area is 226 Å². The maximum absolute atomic E-state index is 6.51. The number of fused-ring (bicyclic) bond motifs is 1. The second kappa shape index (κ2) is 10.7. The van der Waals surface area contributed by atoms with Gasteiger partial charge < -0.3 is 30.0 Å². The van der Waals surface area contributed by atoms with E-state index in [9.17, 15) is 0 Å². The average molecular weight is 522 g/mol. The quantitative estimate of drug-likeness (QED) is 0.387. The molecule has 9 nitrogen and oxygen atoms in total. The number of benzene rings is 1. The predicted molar refractivity (Wildman–Crippen MR) is 153 cm³/mol. The molecule has 0 saturated carbocycles. The topological polar surface area (TPSA) is 93.7 Å². The van der Waals surface area contributed by atoms with E-state index in [-0.39, 0.29) is 17.2 Å². The van der Waals surface area contributed by atoms with Crippen LogP contribution in [0.3, 0.4) is 0 Å². The van der Waals surface area contributed by atoms with E-state index in [1.54, 1.807) is 7.11 Å². The first-order valence-corrected chi connectivity index (χ1v) is 13.8. The van der Waals surface area contributed by atoms with Crippen LogP contribution in [-0.4, -0.2) is 82.4 Å². The highest BCUT2D eigenvalue weighted by molar-refractivity contribution is 5.87. The molecule has 0 unspecified atom stereocenters. The van der Waals surface area contributed by atoms with Gasteiger partial charge in [-0.2, -0.15) is 4.98 Å². The van der Waals surface area contributed by atoms with Crippen molar-refractivity contribution in [2.75, 3.05) is 57.9 Å². The number of nitrogen functional groups attached to an aromatic ring is 1. The molecule has 1 aromatic carbocycles. The summed E-state index contributed by atoms with van der Waals surface area (Å²) in [5.74, 6) is 1.97. The molecule has 38 heavy (non-hydrogen) atoms. The van der Waals surface area contributed by atoms with Crippen LogP contribution in [0.2, 0.25) is 0 Å². The Morgan fingerprint density at radius 1 is 1.08 bits per heavy atom. The number of ether oxygens (including phenoxy) is 2. The van der Waals surface area contributed by atoms with Crippen LogP contribution in [0.25, 0.3) is 11.0 Å². The number of aromatic nitrogens is 3. The molecule has 0 bridgehead atoms. The molecule has 2 fully saturated rings. The summed E-state index contributed by atoms with van der Waals surface area (Å²) in [5, 5.41) is 3.48. The molecule has 4 heterocycles. The summed E-state index contributed by atoms with van der Waals surface area (Å²) in [6.45, 7) is 12.9. The van der Waals surface area contributed by atoms with Crippen molar-refractivity contribution in [2.45, 2.75) is 64.3 Å². The van der Waals surface area contributed by atoms with Crippen molar-refractivity contribution in [1.82, 2.24) is 24.3 Å². The molecular formula is C29H43N7O2. The number of likely N-dealkylation sites (N-methyl/N-ethyl adjacent to an activating group) is 1. The molecule has 3 N–H and O–H groups in total. The highest BCUT2D eigenvalue weighted by Crippen LogP contribution is 2.36. The molecule has 1 spiro atoms. The zero-order valence-corrected chi connectivity index (χ0v) is 23.6. The predicted octanol–water partition coefficient (Wildman–Crippen LogP) is 3.97. The standard InChI is InChI=1S/C29H43N7O2/c1-6-7-8-12-31-26-25-23(32-27(30)33-26)11-13-36(25)16-22-10-9-21(14-24(22)37-5)15-35-19-29(20-35)18-34(4)17-28(2,3)38-29/h9-11,13-14H,6-8,12,15-20H2,1-5H3,(H3,30,31,32,33). The molecule has 2 aliphatic rings. The lowest BCUT2D eigenvalue weighted by atomic mass is 9.88. The third-order valence-electron chi connectivity index (χ3n) is 7.52. The number of morpholine rings is 1. The lowest BCUT2D eigenvalue weighted by molar-refractivity contribution is -0.245. The summed E-state index contributed by atoms with van der Waals surface area (Å²) in [5.41, 5.74) is 10.0. The smallest absolute Gasteiger partial charge is 0.222 e. The Morgan fingerprint density at radius 3 is 2.63 bits per heavy atom. The summed E-state index contributed by atoms with van der Waals surface area (Å²) in [4.78, 5) is 13.8. The minimum Gasteiger partial charge on any atom is -0.496 e. The van der Waals surface area contributed by atoms with Crippen molar-refractivity contribution < 1.29 is 9.47 Å². The first kappa shape index (κ1) is 26.7. The maximum atomic E-state index is 6.51. The number of nitrogens with one attached hydrogen (secondary N) is 1. The molecule has 5 rings (SSSR count). The average Bonchev–Trinajstić information content (AvgIpc) is 3.22. The van der Waals surface area contributed by atoms with Gasteiger partial charge in [-0.3, -0.25) is 4.90 Å². The number of hydrogen-bond donors (Lipinski definition) is 2. The van der Waals surface area contributed by atoms with E-state index >= 15 is 0 Å². The Balaban J connectivity index is 1.28. The Morgan fingerprint density at radius 2 is 1.89 bits per heavy atom. The van der Waals surface area contributed by atoms with Gasteiger partial charge in [-0.15, -0.1) is 0 Å². The highest BCUT2D eigenvalue weighted by Gasteiger charge is 2.50. The molecule has 0 atom stereocenters. The minimum atomic E-state index is -0.103. The van der Waals surface area contributed by atoms with E-state index in [0.29, 0.717) is 6.54 Å². The van der Waals surface area contributed by atoms with Crippen LogP contribution < -0.4 is 15.8 Å². The van der Waals surface area contributed by atoms with Crippen molar-refractivity contribution in [3.8, 4) is 5.75 Å². The number of unbranched alkanes of at least 4 members (excludes halogenated alkanes) is 2. The minimum absolute atomic E-state index is 0.0518. The van der Waals surface area contributed by atoms with Gasteiger partial charge in [0.15, 0.2) is 5.82 Å². The molecule has 0 amide bonds. The number of hydrogen-bond acceptors (Lipinski definition) is 8. The third kappa shape index (κ3) is 5.75. The molecule has 2 saturated heterocycles. The molecule has 2 aromatic heterocycles. The molecule has 0 aliphatic carbocycles. The molecule has 3 aromatic rings. The van der Waals surface area contributed by atoms with Crippen molar-refractivity contribution in [1.29, 1.82) is 0 Å². The third-order valence-corrected chi connectivity index (χ3v) is 7.52. The summed E-state index contributed by atoms with van der Waals surface area (Å²) in [6.07, 6.45) is 5.50. The second-order valence-electron chi connectivity index (χ2n) is 11.8. The Bertz CT molecular complexity index is 1270. The van der Waals surface area contributed by atoms with E-state index in [0.717, 1.165) is 73.9 Å². The molecular weight excluding hydrogens is 478 g/mol. The molecule has 206 valence electrons. The largest absolute Gasteiger partial charge is 0.496 e. The first-order valence-electron chi connectivity index (χ1n) is 13.8. The molecule has 9 heteroatoms.